The maximum atomic E-state index is 12.6. The first kappa shape index (κ1) is 17.6. The van der Waals surface area contributed by atoms with Gasteiger partial charge >= 0.3 is 0 Å². The van der Waals surface area contributed by atoms with Gasteiger partial charge in [-0.25, -0.2) is 5.01 Å². The zero-order chi connectivity index (χ0) is 18.8. The normalized spacial score (nSPS) is 15.3. The highest BCUT2D eigenvalue weighted by atomic mass is 79.9. The fourth-order valence-electron chi connectivity index (χ4n) is 2.43. The maximum Gasteiger partial charge on any atom is 0.282 e. The molecule has 0 radical (unpaired) electrons. The standard InChI is InChI=1S/C17H12BrN3O5/c1-26-15-7-6-13(21(24)25)8-10(15)9-14-16(22)19-20(17(14)23)12-4-2-11(18)3-5-12/h2-9H,1H3,(H,19,22)/b14-9+. The molecule has 1 aliphatic rings. The van der Waals surface area contributed by atoms with Crippen LogP contribution in [-0.4, -0.2) is 23.8 Å². The van der Waals surface area contributed by atoms with Crippen LogP contribution in [-0.2, 0) is 9.59 Å². The molecule has 0 unspecified atom stereocenters. The summed E-state index contributed by atoms with van der Waals surface area (Å²) in [5.41, 5.74) is 2.90. The molecule has 0 spiro atoms. The van der Waals surface area contributed by atoms with E-state index in [0.29, 0.717) is 11.4 Å². The Bertz CT molecular complexity index is 940. The van der Waals surface area contributed by atoms with Crippen molar-refractivity contribution in [1.82, 2.24) is 5.43 Å². The second kappa shape index (κ2) is 6.96. The van der Waals surface area contributed by atoms with Gasteiger partial charge in [-0.1, -0.05) is 15.9 Å². The quantitative estimate of drug-likeness (QED) is 0.356. The number of anilines is 1. The van der Waals surface area contributed by atoms with Crippen LogP contribution in [0.25, 0.3) is 6.08 Å². The van der Waals surface area contributed by atoms with E-state index in [0.717, 1.165) is 9.48 Å². The monoisotopic (exact) mass is 417 g/mol. The van der Waals surface area contributed by atoms with E-state index < -0.39 is 16.7 Å². The molecular weight excluding hydrogens is 406 g/mol. The minimum Gasteiger partial charge on any atom is -0.496 e. The van der Waals surface area contributed by atoms with Crippen LogP contribution in [0.4, 0.5) is 11.4 Å². The Morgan fingerprint density at radius 3 is 2.50 bits per heavy atom. The number of nitro groups is 1. The molecule has 0 bridgehead atoms. The first-order valence-corrected chi connectivity index (χ1v) is 8.15. The smallest absolute Gasteiger partial charge is 0.282 e. The summed E-state index contributed by atoms with van der Waals surface area (Å²) in [5.74, 6) is -0.858. The van der Waals surface area contributed by atoms with Crippen molar-refractivity contribution in [3.63, 3.8) is 0 Å². The number of ether oxygens (including phenoxy) is 1. The second-order valence-corrected chi connectivity index (χ2v) is 6.21. The number of nitrogens with one attached hydrogen (secondary N) is 1. The number of amides is 2. The average Bonchev–Trinajstić information content (AvgIpc) is 2.90. The van der Waals surface area contributed by atoms with Crippen LogP contribution in [0, 0.1) is 10.1 Å². The highest BCUT2D eigenvalue weighted by Gasteiger charge is 2.34. The lowest BCUT2D eigenvalue weighted by Crippen LogP contribution is -2.35. The molecule has 0 aromatic heterocycles. The van der Waals surface area contributed by atoms with E-state index in [1.807, 2.05) is 0 Å². The number of hydrogen-bond donors (Lipinski definition) is 1. The van der Waals surface area contributed by atoms with E-state index >= 15 is 0 Å². The molecule has 0 atom stereocenters. The molecule has 3 rings (SSSR count). The van der Waals surface area contributed by atoms with Crippen molar-refractivity contribution in [2.75, 3.05) is 12.1 Å². The van der Waals surface area contributed by atoms with Crippen molar-refractivity contribution < 1.29 is 19.2 Å². The molecule has 8 nitrogen and oxygen atoms in total. The Morgan fingerprint density at radius 2 is 1.88 bits per heavy atom. The number of carbonyl (C=O) groups is 2. The fraction of sp³-hybridized carbons (Fsp3) is 0.0588. The van der Waals surface area contributed by atoms with E-state index in [9.17, 15) is 19.7 Å². The van der Waals surface area contributed by atoms with Gasteiger partial charge in [0.1, 0.15) is 11.3 Å². The maximum absolute atomic E-state index is 12.6. The summed E-state index contributed by atoms with van der Waals surface area (Å²) in [6.07, 6.45) is 1.28. The molecular formula is C17H12BrN3O5. The van der Waals surface area contributed by atoms with Crippen LogP contribution in [0.1, 0.15) is 5.56 Å². The summed E-state index contributed by atoms with van der Waals surface area (Å²) < 4.78 is 5.99. The fourth-order valence-corrected chi connectivity index (χ4v) is 2.70. The van der Waals surface area contributed by atoms with Crippen molar-refractivity contribution >= 4 is 45.2 Å². The highest BCUT2D eigenvalue weighted by molar-refractivity contribution is 9.10. The van der Waals surface area contributed by atoms with Crippen molar-refractivity contribution in [2.24, 2.45) is 0 Å². The molecule has 2 aromatic rings. The number of nitrogens with zero attached hydrogens (tertiary/aromatic N) is 2. The molecule has 1 fully saturated rings. The molecule has 9 heteroatoms. The van der Waals surface area contributed by atoms with Crippen molar-refractivity contribution in [3.05, 3.63) is 68.2 Å². The van der Waals surface area contributed by atoms with E-state index in [2.05, 4.69) is 21.4 Å². The van der Waals surface area contributed by atoms with Gasteiger partial charge in [0, 0.05) is 22.2 Å². The minimum absolute atomic E-state index is 0.147. The van der Waals surface area contributed by atoms with E-state index in [1.165, 1.54) is 31.4 Å². The zero-order valence-corrected chi connectivity index (χ0v) is 15.0. The third-order valence-corrected chi connectivity index (χ3v) is 4.23. The van der Waals surface area contributed by atoms with Gasteiger partial charge in [-0.05, 0) is 36.4 Å². The van der Waals surface area contributed by atoms with Gasteiger partial charge in [0.2, 0.25) is 0 Å². The molecule has 1 heterocycles. The number of rotatable bonds is 4. The molecule has 26 heavy (non-hydrogen) atoms. The number of carbonyl (C=O) groups excluding carboxylic acids is 2. The predicted octanol–water partition coefficient (Wildman–Crippen LogP) is 2.83. The van der Waals surface area contributed by atoms with Crippen molar-refractivity contribution in [1.29, 1.82) is 0 Å². The summed E-state index contributed by atoms with van der Waals surface area (Å²) in [4.78, 5) is 35.2. The van der Waals surface area contributed by atoms with Crippen LogP contribution in [0.5, 0.6) is 5.75 Å². The van der Waals surface area contributed by atoms with Gasteiger partial charge in [-0.3, -0.25) is 25.1 Å². The zero-order valence-electron chi connectivity index (χ0n) is 13.4. The Labute approximate surface area is 156 Å². The SMILES string of the molecule is COc1ccc([N+](=O)[O-])cc1/C=C1\C(=O)NN(c2ccc(Br)cc2)C1=O. The predicted molar refractivity (Wildman–Crippen MR) is 97.4 cm³/mol. The minimum atomic E-state index is -0.605. The van der Waals surface area contributed by atoms with Crippen LogP contribution < -0.4 is 15.2 Å². The number of non-ortho nitro benzene ring substituents is 1. The number of methoxy groups -OCH3 is 1. The first-order chi connectivity index (χ1) is 12.4. The van der Waals surface area contributed by atoms with E-state index in [4.69, 9.17) is 4.74 Å². The Morgan fingerprint density at radius 1 is 1.19 bits per heavy atom. The molecule has 1 N–H and O–H groups in total. The third kappa shape index (κ3) is 3.29. The second-order valence-electron chi connectivity index (χ2n) is 5.30. The van der Waals surface area contributed by atoms with Gasteiger partial charge < -0.3 is 4.74 Å². The lowest BCUT2D eigenvalue weighted by atomic mass is 10.1. The van der Waals surface area contributed by atoms with Gasteiger partial charge in [-0.15, -0.1) is 0 Å². The van der Waals surface area contributed by atoms with Crippen LogP contribution in [0.3, 0.4) is 0 Å². The Hall–Kier alpha value is -3.20. The third-order valence-electron chi connectivity index (χ3n) is 3.70. The number of halogens is 1. The number of hydrogen-bond acceptors (Lipinski definition) is 5. The lowest BCUT2D eigenvalue weighted by Gasteiger charge is -2.14. The summed E-state index contributed by atoms with van der Waals surface area (Å²) in [6.45, 7) is 0. The van der Waals surface area contributed by atoms with Crippen LogP contribution in [0.15, 0.2) is 52.5 Å². The van der Waals surface area contributed by atoms with Gasteiger partial charge in [0.05, 0.1) is 17.7 Å². The molecule has 0 saturated carbocycles. The molecule has 2 amide bonds. The van der Waals surface area contributed by atoms with Gasteiger partial charge in [0.25, 0.3) is 17.5 Å². The lowest BCUT2D eigenvalue weighted by molar-refractivity contribution is -0.384. The topological polar surface area (TPSA) is 102 Å². The average molecular weight is 418 g/mol. The Balaban J connectivity index is 2.00. The molecule has 1 saturated heterocycles. The molecule has 1 aliphatic heterocycles. The Kier molecular flexibility index (Phi) is 4.72. The van der Waals surface area contributed by atoms with E-state index in [-0.39, 0.29) is 16.8 Å². The van der Waals surface area contributed by atoms with Crippen LogP contribution in [0.2, 0.25) is 0 Å². The van der Waals surface area contributed by atoms with Crippen LogP contribution >= 0.6 is 15.9 Å². The molecule has 132 valence electrons. The van der Waals surface area contributed by atoms with Crippen molar-refractivity contribution in [2.45, 2.75) is 0 Å². The number of hydrazine groups is 1. The molecule has 0 aliphatic carbocycles. The number of benzene rings is 2. The molecule has 2 aromatic carbocycles. The summed E-state index contributed by atoms with van der Waals surface area (Å²) in [7, 11) is 1.40. The summed E-state index contributed by atoms with van der Waals surface area (Å²) in [6, 6.07) is 10.7. The summed E-state index contributed by atoms with van der Waals surface area (Å²) in [5, 5.41) is 12.1. The number of nitro benzene ring substituents is 1. The first-order valence-electron chi connectivity index (χ1n) is 7.36. The summed E-state index contributed by atoms with van der Waals surface area (Å²) >= 11 is 3.30. The van der Waals surface area contributed by atoms with Gasteiger partial charge in [-0.2, -0.15) is 0 Å². The van der Waals surface area contributed by atoms with Crippen molar-refractivity contribution in [3.8, 4) is 5.75 Å². The van der Waals surface area contributed by atoms with E-state index in [1.54, 1.807) is 24.3 Å². The largest absolute Gasteiger partial charge is 0.496 e. The highest BCUT2D eigenvalue weighted by Crippen LogP contribution is 2.28. The van der Waals surface area contributed by atoms with Gasteiger partial charge in [0.15, 0.2) is 0 Å².